The lowest BCUT2D eigenvalue weighted by molar-refractivity contribution is -0.385. The molecule has 0 unspecified atom stereocenters. The summed E-state index contributed by atoms with van der Waals surface area (Å²) in [5.74, 6) is 0. The van der Waals surface area contributed by atoms with Crippen molar-refractivity contribution < 1.29 is 13.3 Å². The maximum absolute atomic E-state index is 11.3. The highest BCUT2D eigenvalue weighted by molar-refractivity contribution is 14.1. The number of nitro benzene ring substituents is 1. The van der Waals surface area contributed by atoms with Gasteiger partial charge in [-0.1, -0.05) is 28.7 Å². The summed E-state index contributed by atoms with van der Waals surface area (Å²) in [4.78, 5) is 9.75. The Morgan fingerprint density at radius 1 is 1.43 bits per heavy atom. The van der Waals surface area contributed by atoms with Gasteiger partial charge in [-0.3, -0.25) is 10.1 Å². The van der Waals surface area contributed by atoms with Gasteiger partial charge in [0.25, 0.3) is 5.69 Å². The van der Waals surface area contributed by atoms with E-state index in [1.807, 2.05) is 0 Å². The Labute approximate surface area is 94.3 Å². The van der Waals surface area contributed by atoms with Gasteiger partial charge >= 0.3 is 0 Å². The van der Waals surface area contributed by atoms with Crippen LogP contribution in [0.3, 0.4) is 0 Å². The minimum atomic E-state index is -3.37. The minimum absolute atomic E-state index is 0.0129. The summed E-state index contributed by atoms with van der Waals surface area (Å²) in [5, 5.41) is 10.4. The van der Waals surface area contributed by atoms with Crippen LogP contribution in [-0.2, 0) is 9.84 Å². The molecule has 0 fully saturated rings. The smallest absolute Gasteiger partial charge is 0.258 e. The fourth-order valence-corrected chi connectivity index (χ4v) is 2.64. The van der Waals surface area contributed by atoms with E-state index in [9.17, 15) is 18.5 Å². The monoisotopic (exact) mass is 327 g/mol. The number of alkyl halides is 1. The Kier molecular flexibility index (Phi) is 3.43. The molecule has 14 heavy (non-hydrogen) atoms. The molecule has 1 aromatic rings. The number of benzene rings is 1. The molecule has 0 aliphatic carbocycles. The molecule has 0 heterocycles. The van der Waals surface area contributed by atoms with Gasteiger partial charge < -0.3 is 0 Å². The number of rotatable bonds is 3. The second-order valence-corrected chi connectivity index (χ2v) is 6.27. The highest BCUT2D eigenvalue weighted by atomic mass is 127. The molecule has 0 aliphatic rings. The Morgan fingerprint density at radius 2 is 2.07 bits per heavy atom. The van der Waals surface area contributed by atoms with Crippen molar-refractivity contribution in [2.75, 3.05) is 3.76 Å². The maximum atomic E-state index is 11.3. The zero-order valence-electron chi connectivity index (χ0n) is 6.88. The Balaban J connectivity index is 3.26. The quantitative estimate of drug-likeness (QED) is 0.367. The van der Waals surface area contributed by atoms with E-state index >= 15 is 0 Å². The summed E-state index contributed by atoms with van der Waals surface area (Å²) in [6.45, 7) is 0. The number of sulfone groups is 1. The van der Waals surface area contributed by atoms with E-state index in [1.54, 1.807) is 22.6 Å². The highest BCUT2D eigenvalue weighted by Gasteiger charge is 2.15. The van der Waals surface area contributed by atoms with Gasteiger partial charge in [0.2, 0.25) is 0 Å². The fraction of sp³-hybridized carbons (Fsp3) is 0.143. The van der Waals surface area contributed by atoms with Crippen LogP contribution in [0, 0.1) is 10.1 Å². The summed E-state index contributed by atoms with van der Waals surface area (Å²) in [6, 6.07) is 5.03. The lowest BCUT2D eigenvalue weighted by Crippen LogP contribution is -2.02. The first-order valence-electron chi connectivity index (χ1n) is 3.50. The van der Waals surface area contributed by atoms with Gasteiger partial charge in [-0.2, -0.15) is 0 Å². The van der Waals surface area contributed by atoms with E-state index in [-0.39, 0.29) is 14.3 Å². The number of halogens is 1. The normalized spacial score (nSPS) is 11.2. The Morgan fingerprint density at radius 3 is 2.57 bits per heavy atom. The molecule has 0 radical (unpaired) electrons. The molecule has 0 bridgehead atoms. The summed E-state index contributed by atoms with van der Waals surface area (Å²) < 4.78 is 22.6. The molecule has 7 heteroatoms. The standard InChI is InChI=1S/C7H6INO4S/c8-5-14(12,13)7-3-1-2-6(4-7)9(10)11/h1-4H,5H2. The second kappa shape index (κ2) is 4.22. The van der Waals surface area contributed by atoms with E-state index in [4.69, 9.17) is 0 Å². The topological polar surface area (TPSA) is 77.3 Å². The van der Waals surface area contributed by atoms with Gasteiger partial charge in [0.15, 0.2) is 9.84 Å². The molecule has 1 aromatic carbocycles. The van der Waals surface area contributed by atoms with Crippen molar-refractivity contribution in [1.29, 1.82) is 0 Å². The van der Waals surface area contributed by atoms with E-state index in [0.717, 1.165) is 6.07 Å². The molecule has 0 amide bonds. The first-order chi connectivity index (χ1) is 6.47. The van der Waals surface area contributed by atoms with Crippen LogP contribution in [0.4, 0.5) is 5.69 Å². The number of nitro groups is 1. The molecular formula is C7H6INO4S. The van der Waals surface area contributed by atoms with E-state index < -0.39 is 14.8 Å². The van der Waals surface area contributed by atoms with E-state index in [0.29, 0.717) is 0 Å². The van der Waals surface area contributed by atoms with E-state index in [2.05, 4.69) is 0 Å². The fourth-order valence-electron chi connectivity index (χ4n) is 0.854. The van der Waals surface area contributed by atoms with Crippen molar-refractivity contribution in [2.24, 2.45) is 0 Å². The maximum Gasteiger partial charge on any atom is 0.270 e. The van der Waals surface area contributed by atoms with Crippen LogP contribution in [0.15, 0.2) is 29.2 Å². The van der Waals surface area contributed by atoms with Crippen LogP contribution in [0.1, 0.15) is 0 Å². The van der Waals surface area contributed by atoms with Crippen LogP contribution in [-0.4, -0.2) is 17.1 Å². The summed E-state index contributed by atoms with van der Waals surface area (Å²) in [6.07, 6.45) is 0. The molecular weight excluding hydrogens is 321 g/mol. The predicted octanol–water partition coefficient (Wildman–Crippen LogP) is 1.76. The van der Waals surface area contributed by atoms with Crippen molar-refractivity contribution in [1.82, 2.24) is 0 Å². The van der Waals surface area contributed by atoms with Gasteiger partial charge in [0.05, 0.1) is 9.82 Å². The number of nitrogens with zero attached hydrogens (tertiary/aromatic N) is 1. The van der Waals surface area contributed by atoms with Gasteiger partial charge in [0, 0.05) is 12.1 Å². The average Bonchev–Trinajstić information content (AvgIpc) is 2.18. The van der Waals surface area contributed by atoms with Gasteiger partial charge in [-0.05, 0) is 6.07 Å². The average molecular weight is 327 g/mol. The van der Waals surface area contributed by atoms with Crippen molar-refractivity contribution in [3.8, 4) is 0 Å². The zero-order valence-corrected chi connectivity index (χ0v) is 9.86. The predicted molar refractivity (Wildman–Crippen MR) is 59.2 cm³/mol. The third-order valence-corrected chi connectivity index (χ3v) is 5.25. The molecule has 0 atom stereocenters. The molecule has 0 N–H and O–H groups in total. The van der Waals surface area contributed by atoms with Crippen LogP contribution in [0.2, 0.25) is 0 Å². The molecule has 1 rings (SSSR count). The van der Waals surface area contributed by atoms with Crippen LogP contribution in [0.5, 0.6) is 0 Å². The molecule has 0 saturated carbocycles. The molecule has 76 valence electrons. The third kappa shape index (κ3) is 2.41. The first-order valence-corrected chi connectivity index (χ1v) is 6.68. The Hall–Kier alpha value is -0.700. The van der Waals surface area contributed by atoms with Crippen molar-refractivity contribution in [3.05, 3.63) is 34.4 Å². The summed E-state index contributed by atoms with van der Waals surface area (Å²) in [7, 11) is -3.37. The number of hydrogen-bond acceptors (Lipinski definition) is 4. The molecule has 0 aromatic heterocycles. The largest absolute Gasteiger partial charge is 0.270 e. The lowest BCUT2D eigenvalue weighted by Gasteiger charge is -1.99. The van der Waals surface area contributed by atoms with Gasteiger partial charge in [-0.15, -0.1) is 0 Å². The number of hydrogen-bond donors (Lipinski definition) is 0. The van der Waals surface area contributed by atoms with Crippen LogP contribution >= 0.6 is 22.6 Å². The van der Waals surface area contributed by atoms with E-state index in [1.165, 1.54) is 18.2 Å². The minimum Gasteiger partial charge on any atom is -0.258 e. The SMILES string of the molecule is O=[N+]([O-])c1cccc(S(=O)(=O)CI)c1. The van der Waals surface area contributed by atoms with Crippen molar-refractivity contribution in [2.45, 2.75) is 4.90 Å². The van der Waals surface area contributed by atoms with Crippen LogP contribution < -0.4 is 0 Å². The van der Waals surface area contributed by atoms with Gasteiger partial charge in [0.1, 0.15) is 3.76 Å². The second-order valence-electron chi connectivity index (χ2n) is 2.48. The first kappa shape index (κ1) is 11.4. The molecule has 0 aliphatic heterocycles. The molecule has 5 nitrogen and oxygen atoms in total. The zero-order chi connectivity index (χ0) is 10.8. The van der Waals surface area contributed by atoms with Crippen LogP contribution in [0.25, 0.3) is 0 Å². The summed E-state index contributed by atoms with van der Waals surface area (Å²) in [5.41, 5.74) is -0.212. The third-order valence-electron chi connectivity index (χ3n) is 1.53. The number of non-ortho nitro benzene ring substituents is 1. The van der Waals surface area contributed by atoms with Crippen molar-refractivity contribution in [3.63, 3.8) is 0 Å². The summed E-state index contributed by atoms with van der Waals surface area (Å²) >= 11 is 1.70. The Bertz CT molecular complexity index is 457. The lowest BCUT2D eigenvalue weighted by atomic mass is 10.3. The molecule has 0 saturated heterocycles. The van der Waals surface area contributed by atoms with Gasteiger partial charge in [-0.25, -0.2) is 8.42 Å². The van der Waals surface area contributed by atoms with Crippen molar-refractivity contribution >= 4 is 38.1 Å². The molecule has 0 spiro atoms. The highest BCUT2D eigenvalue weighted by Crippen LogP contribution is 2.19.